The average Bonchev–Trinajstić information content (AvgIpc) is 3.14. The lowest BCUT2D eigenvalue weighted by Crippen LogP contribution is -2.22. The second-order valence-corrected chi connectivity index (χ2v) is 6.26. The number of guanidine groups is 1. The molecule has 0 amide bonds. The lowest BCUT2D eigenvalue weighted by molar-refractivity contribution is 0.823. The highest BCUT2D eigenvalue weighted by molar-refractivity contribution is 5.96. The number of benzene rings is 2. The molecule has 2 aromatic carbocycles. The van der Waals surface area contributed by atoms with Gasteiger partial charge in [0.1, 0.15) is 12.4 Å². The summed E-state index contributed by atoms with van der Waals surface area (Å²) in [5.74, 6) is 0.194. The van der Waals surface area contributed by atoms with Gasteiger partial charge in [0.05, 0.1) is 29.3 Å². The van der Waals surface area contributed by atoms with E-state index in [9.17, 15) is 5.26 Å². The SMILES string of the molecule is Cc1cn(-c2ccc(NC(N)=NC=NC(C)c3ccccc3)cc2C#N)cn1. The molecule has 0 saturated heterocycles. The molecule has 0 bridgehead atoms. The molecule has 3 aromatic rings. The molecule has 0 radical (unpaired) electrons. The summed E-state index contributed by atoms with van der Waals surface area (Å²) in [5.41, 5.74) is 9.83. The van der Waals surface area contributed by atoms with Crippen molar-refractivity contribution in [3.8, 4) is 11.8 Å². The number of nitrogens with two attached hydrogens (primary N) is 1. The zero-order valence-corrected chi connectivity index (χ0v) is 15.7. The number of imidazole rings is 1. The van der Waals surface area contributed by atoms with Gasteiger partial charge in [-0.25, -0.2) is 9.98 Å². The summed E-state index contributed by atoms with van der Waals surface area (Å²) in [4.78, 5) is 12.7. The van der Waals surface area contributed by atoms with E-state index < -0.39 is 0 Å². The molecule has 0 spiro atoms. The number of nitrogens with zero attached hydrogens (tertiary/aromatic N) is 5. The Morgan fingerprint density at radius 2 is 2.07 bits per heavy atom. The van der Waals surface area contributed by atoms with E-state index >= 15 is 0 Å². The maximum atomic E-state index is 9.46. The second kappa shape index (κ2) is 8.64. The summed E-state index contributed by atoms with van der Waals surface area (Å²) >= 11 is 0. The van der Waals surface area contributed by atoms with Gasteiger partial charge >= 0.3 is 0 Å². The highest BCUT2D eigenvalue weighted by Gasteiger charge is 2.07. The van der Waals surface area contributed by atoms with E-state index in [0.717, 1.165) is 16.9 Å². The van der Waals surface area contributed by atoms with Gasteiger partial charge in [0.15, 0.2) is 5.96 Å². The van der Waals surface area contributed by atoms with Crippen LogP contribution in [0.15, 0.2) is 71.0 Å². The van der Waals surface area contributed by atoms with Crippen LogP contribution in [0.2, 0.25) is 0 Å². The predicted octanol–water partition coefficient (Wildman–Crippen LogP) is 3.57. The van der Waals surface area contributed by atoms with Crippen LogP contribution in [0.3, 0.4) is 0 Å². The first kappa shape index (κ1) is 18.9. The molecular formula is C21H21N7. The fourth-order valence-electron chi connectivity index (χ4n) is 2.67. The predicted molar refractivity (Wildman–Crippen MR) is 112 cm³/mol. The van der Waals surface area contributed by atoms with Crippen molar-refractivity contribution >= 4 is 18.0 Å². The number of aromatic nitrogens is 2. The highest BCUT2D eigenvalue weighted by atomic mass is 15.1. The van der Waals surface area contributed by atoms with Crippen LogP contribution in [0, 0.1) is 18.3 Å². The largest absolute Gasteiger partial charge is 0.369 e. The van der Waals surface area contributed by atoms with E-state index in [0.29, 0.717) is 11.3 Å². The molecule has 140 valence electrons. The van der Waals surface area contributed by atoms with Crippen LogP contribution in [0.5, 0.6) is 0 Å². The summed E-state index contributed by atoms with van der Waals surface area (Å²) in [7, 11) is 0. The van der Waals surface area contributed by atoms with Gasteiger partial charge in [-0.15, -0.1) is 0 Å². The van der Waals surface area contributed by atoms with Gasteiger partial charge in [0.25, 0.3) is 0 Å². The quantitative estimate of drug-likeness (QED) is 0.528. The van der Waals surface area contributed by atoms with Crippen molar-refractivity contribution in [2.24, 2.45) is 15.7 Å². The van der Waals surface area contributed by atoms with Gasteiger partial charge < -0.3 is 15.6 Å². The van der Waals surface area contributed by atoms with Gasteiger partial charge in [0, 0.05) is 11.9 Å². The fraction of sp³-hybridized carbons (Fsp3) is 0.143. The monoisotopic (exact) mass is 371 g/mol. The van der Waals surface area contributed by atoms with Crippen LogP contribution in [-0.4, -0.2) is 21.8 Å². The first-order chi connectivity index (χ1) is 13.6. The smallest absolute Gasteiger partial charge is 0.199 e. The number of aryl methyl sites for hydroxylation is 1. The summed E-state index contributed by atoms with van der Waals surface area (Å²) in [6.45, 7) is 3.89. The number of nitriles is 1. The van der Waals surface area contributed by atoms with Gasteiger partial charge in [-0.2, -0.15) is 5.26 Å². The van der Waals surface area contributed by atoms with Crippen molar-refractivity contribution < 1.29 is 0 Å². The number of hydrogen-bond donors (Lipinski definition) is 2. The molecule has 0 fully saturated rings. The molecule has 0 aliphatic carbocycles. The summed E-state index contributed by atoms with van der Waals surface area (Å²) < 4.78 is 1.81. The van der Waals surface area contributed by atoms with Gasteiger partial charge in [-0.3, -0.25) is 4.99 Å². The first-order valence-electron chi connectivity index (χ1n) is 8.79. The number of anilines is 1. The van der Waals surface area contributed by atoms with Crippen LogP contribution in [0.25, 0.3) is 5.69 Å². The van der Waals surface area contributed by atoms with E-state index in [-0.39, 0.29) is 12.0 Å². The number of rotatable bonds is 5. The Morgan fingerprint density at radius 3 is 2.75 bits per heavy atom. The van der Waals surface area contributed by atoms with Gasteiger partial charge in [0.2, 0.25) is 0 Å². The molecule has 7 nitrogen and oxygen atoms in total. The van der Waals surface area contributed by atoms with E-state index in [2.05, 4.69) is 26.4 Å². The molecule has 0 aliphatic rings. The first-order valence-corrected chi connectivity index (χ1v) is 8.79. The van der Waals surface area contributed by atoms with Crippen molar-refractivity contribution in [1.29, 1.82) is 5.26 Å². The number of nitrogens with one attached hydrogen (secondary N) is 1. The van der Waals surface area contributed by atoms with E-state index in [1.54, 1.807) is 12.4 Å². The molecule has 3 N–H and O–H groups in total. The Labute approximate surface area is 163 Å². The van der Waals surface area contributed by atoms with Crippen molar-refractivity contribution in [3.05, 3.63) is 77.9 Å². The Bertz CT molecular complexity index is 1040. The van der Waals surface area contributed by atoms with Crippen LogP contribution in [-0.2, 0) is 0 Å². The van der Waals surface area contributed by atoms with Crippen LogP contribution < -0.4 is 11.1 Å². The molecule has 1 aromatic heterocycles. The zero-order valence-electron chi connectivity index (χ0n) is 15.7. The molecule has 7 heteroatoms. The van der Waals surface area contributed by atoms with Crippen molar-refractivity contribution in [2.45, 2.75) is 19.9 Å². The van der Waals surface area contributed by atoms with E-state index in [1.807, 2.05) is 67.1 Å². The van der Waals surface area contributed by atoms with Crippen molar-refractivity contribution in [1.82, 2.24) is 9.55 Å². The van der Waals surface area contributed by atoms with Crippen LogP contribution in [0.4, 0.5) is 5.69 Å². The third-order valence-corrected chi connectivity index (χ3v) is 4.15. The van der Waals surface area contributed by atoms with E-state index in [1.165, 1.54) is 6.34 Å². The maximum absolute atomic E-state index is 9.46. The van der Waals surface area contributed by atoms with Crippen molar-refractivity contribution in [2.75, 3.05) is 5.32 Å². The lowest BCUT2D eigenvalue weighted by Gasteiger charge is -2.09. The molecule has 0 saturated carbocycles. The average molecular weight is 371 g/mol. The zero-order chi connectivity index (χ0) is 19.9. The van der Waals surface area contributed by atoms with Crippen LogP contribution in [0.1, 0.15) is 29.8 Å². The maximum Gasteiger partial charge on any atom is 0.199 e. The Hall–Kier alpha value is -3.92. The molecular weight excluding hydrogens is 350 g/mol. The van der Waals surface area contributed by atoms with Gasteiger partial charge in [-0.05, 0) is 37.6 Å². The molecule has 0 aliphatic heterocycles. The van der Waals surface area contributed by atoms with Crippen molar-refractivity contribution in [3.63, 3.8) is 0 Å². The van der Waals surface area contributed by atoms with Crippen LogP contribution >= 0.6 is 0 Å². The minimum absolute atomic E-state index is 0.0131. The molecule has 1 unspecified atom stereocenters. The standard InChI is InChI=1S/C21H21N7/c1-15-12-28(14-26-15)20-9-8-19(10-18(20)11-22)27-21(23)25-13-24-16(2)17-6-4-3-5-7-17/h3-10,12-14,16H,1-2H3,(H3,23,24,25,27). The lowest BCUT2D eigenvalue weighted by atomic mass is 10.1. The molecule has 3 rings (SSSR count). The minimum Gasteiger partial charge on any atom is -0.369 e. The topological polar surface area (TPSA) is 104 Å². The summed E-state index contributed by atoms with van der Waals surface area (Å²) in [5, 5.41) is 12.4. The highest BCUT2D eigenvalue weighted by Crippen LogP contribution is 2.19. The van der Waals surface area contributed by atoms with E-state index in [4.69, 9.17) is 5.73 Å². The minimum atomic E-state index is -0.0131. The third-order valence-electron chi connectivity index (χ3n) is 4.15. The number of aliphatic imine (C=N–C) groups is 2. The Kier molecular flexibility index (Phi) is 5.82. The third kappa shape index (κ3) is 4.62. The second-order valence-electron chi connectivity index (χ2n) is 6.26. The molecule has 28 heavy (non-hydrogen) atoms. The Balaban J connectivity index is 1.70. The Morgan fingerprint density at radius 1 is 1.29 bits per heavy atom. The summed E-state index contributed by atoms with van der Waals surface area (Å²) in [6, 6.07) is 17.5. The summed E-state index contributed by atoms with van der Waals surface area (Å²) in [6.07, 6.45) is 4.98. The molecule has 1 heterocycles. The molecule has 1 atom stereocenters. The number of hydrogen-bond acceptors (Lipinski definition) is 3. The fourth-order valence-corrected chi connectivity index (χ4v) is 2.67. The van der Waals surface area contributed by atoms with Gasteiger partial charge in [-0.1, -0.05) is 30.3 Å². The normalized spacial score (nSPS) is 12.7.